The van der Waals surface area contributed by atoms with Crippen LogP contribution in [-0.4, -0.2) is 16.8 Å². The Morgan fingerprint density at radius 1 is 1.15 bits per heavy atom. The van der Waals surface area contributed by atoms with Crippen LogP contribution in [-0.2, 0) is 15.6 Å². The number of hydrogen-bond donors (Lipinski definition) is 1. The third-order valence-electron chi connectivity index (χ3n) is 4.41. The molecule has 0 heterocycles. The first-order chi connectivity index (χ1) is 9.22. The first kappa shape index (κ1) is 15.4. The quantitative estimate of drug-likeness (QED) is 0.824. The monoisotopic (exact) mass is 292 g/mol. The van der Waals surface area contributed by atoms with Crippen molar-refractivity contribution >= 4 is 17.7 Å². The van der Waals surface area contributed by atoms with Gasteiger partial charge in [-0.1, -0.05) is 33.8 Å². The van der Waals surface area contributed by atoms with Gasteiger partial charge in [0.05, 0.1) is 6.42 Å². The predicted octanol–water partition coefficient (Wildman–Crippen LogP) is 4.60. The Hall–Kier alpha value is -0.960. The van der Waals surface area contributed by atoms with Gasteiger partial charge in [-0.05, 0) is 46.9 Å². The van der Waals surface area contributed by atoms with Crippen LogP contribution in [0, 0.1) is 0 Å². The minimum absolute atomic E-state index is 0.216. The van der Waals surface area contributed by atoms with Crippen LogP contribution >= 0.6 is 11.8 Å². The van der Waals surface area contributed by atoms with Crippen molar-refractivity contribution in [2.45, 2.75) is 62.7 Å². The van der Waals surface area contributed by atoms with Crippen LogP contribution in [0.2, 0.25) is 0 Å². The molecule has 0 aliphatic heterocycles. The van der Waals surface area contributed by atoms with Gasteiger partial charge in [-0.25, -0.2) is 0 Å². The van der Waals surface area contributed by atoms with Crippen molar-refractivity contribution < 1.29 is 9.90 Å². The number of thioether (sulfide) groups is 1. The van der Waals surface area contributed by atoms with E-state index in [1.807, 2.05) is 0 Å². The van der Waals surface area contributed by atoms with E-state index in [1.54, 1.807) is 11.8 Å². The Morgan fingerprint density at radius 3 is 2.35 bits per heavy atom. The highest BCUT2D eigenvalue weighted by Crippen LogP contribution is 2.46. The molecule has 3 heteroatoms. The number of aliphatic carboxylic acids is 1. The molecule has 0 atom stereocenters. The fraction of sp³-hybridized carbons (Fsp3) is 0.588. The molecule has 0 saturated carbocycles. The van der Waals surface area contributed by atoms with Crippen LogP contribution in [0.15, 0.2) is 23.1 Å². The van der Waals surface area contributed by atoms with Crippen molar-refractivity contribution in [3.8, 4) is 0 Å². The number of hydrogen-bond acceptors (Lipinski definition) is 2. The lowest BCUT2D eigenvalue weighted by atomic mass is 9.63. The van der Waals surface area contributed by atoms with Crippen molar-refractivity contribution in [1.29, 1.82) is 0 Å². The van der Waals surface area contributed by atoms with Crippen molar-refractivity contribution in [2.75, 3.05) is 5.75 Å². The lowest BCUT2D eigenvalue weighted by Crippen LogP contribution is -2.33. The Labute approximate surface area is 126 Å². The van der Waals surface area contributed by atoms with Crippen molar-refractivity contribution in [1.82, 2.24) is 0 Å². The molecule has 1 aliphatic carbocycles. The molecular weight excluding hydrogens is 268 g/mol. The smallest absolute Gasteiger partial charge is 0.304 e. The van der Waals surface area contributed by atoms with Gasteiger partial charge in [0.1, 0.15) is 0 Å². The predicted molar refractivity (Wildman–Crippen MR) is 84.7 cm³/mol. The number of benzene rings is 1. The third-order valence-corrected chi connectivity index (χ3v) is 5.40. The summed E-state index contributed by atoms with van der Waals surface area (Å²) in [6, 6.07) is 6.68. The van der Waals surface area contributed by atoms with E-state index >= 15 is 0 Å². The number of fused-ring (bicyclic) bond motifs is 1. The average Bonchev–Trinajstić information content (AvgIpc) is 2.35. The molecule has 20 heavy (non-hydrogen) atoms. The van der Waals surface area contributed by atoms with Crippen LogP contribution < -0.4 is 0 Å². The van der Waals surface area contributed by atoms with E-state index < -0.39 is 5.97 Å². The summed E-state index contributed by atoms with van der Waals surface area (Å²) in [4.78, 5) is 11.8. The minimum atomic E-state index is -0.725. The Bertz CT molecular complexity index is 518. The molecule has 0 bridgehead atoms. The summed E-state index contributed by atoms with van der Waals surface area (Å²) in [5.41, 5.74) is 3.36. The maximum absolute atomic E-state index is 10.6. The number of carbonyl (C=O) groups is 1. The first-order valence-corrected chi connectivity index (χ1v) is 8.20. The van der Waals surface area contributed by atoms with Gasteiger partial charge in [0.15, 0.2) is 0 Å². The zero-order valence-corrected chi connectivity index (χ0v) is 13.6. The van der Waals surface area contributed by atoms with Crippen LogP contribution in [0.3, 0.4) is 0 Å². The average molecular weight is 292 g/mol. The molecule has 2 rings (SSSR count). The molecule has 0 saturated heterocycles. The van der Waals surface area contributed by atoms with Crippen molar-refractivity contribution in [3.05, 3.63) is 29.3 Å². The lowest BCUT2D eigenvalue weighted by Gasteiger charge is -2.42. The highest BCUT2D eigenvalue weighted by atomic mass is 32.2. The normalized spacial score (nSPS) is 19.4. The molecule has 0 aromatic heterocycles. The molecule has 1 aliphatic rings. The summed E-state index contributed by atoms with van der Waals surface area (Å²) in [6.07, 6.45) is 2.64. The molecule has 1 N–H and O–H groups in total. The second kappa shape index (κ2) is 5.44. The highest BCUT2D eigenvalue weighted by Gasteiger charge is 2.36. The van der Waals surface area contributed by atoms with E-state index in [-0.39, 0.29) is 17.3 Å². The molecule has 110 valence electrons. The van der Waals surface area contributed by atoms with Gasteiger partial charge in [-0.3, -0.25) is 4.79 Å². The lowest BCUT2D eigenvalue weighted by molar-refractivity contribution is -0.136. The van der Waals surface area contributed by atoms with Crippen LogP contribution in [0.5, 0.6) is 0 Å². The van der Waals surface area contributed by atoms with E-state index in [1.165, 1.54) is 28.9 Å². The van der Waals surface area contributed by atoms with E-state index in [0.717, 1.165) is 0 Å². The van der Waals surface area contributed by atoms with Gasteiger partial charge in [0.2, 0.25) is 0 Å². The van der Waals surface area contributed by atoms with Crippen molar-refractivity contribution in [2.24, 2.45) is 0 Å². The molecule has 0 amide bonds. The molecule has 0 spiro atoms. The van der Waals surface area contributed by atoms with E-state index in [4.69, 9.17) is 5.11 Å². The second-order valence-electron chi connectivity index (χ2n) is 6.97. The summed E-state index contributed by atoms with van der Waals surface area (Å²) < 4.78 is 0. The number of carboxylic acid groups (broad SMARTS) is 1. The summed E-state index contributed by atoms with van der Waals surface area (Å²) in [6.45, 7) is 9.26. The van der Waals surface area contributed by atoms with Gasteiger partial charge >= 0.3 is 5.97 Å². The van der Waals surface area contributed by atoms with Crippen LogP contribution in [0.4, 0.5) is 0 Å². The van der Waals surface area contributed by atoms with Gasteiger partial charge in [-0.2, -0.15) is 0 Å². The van der Waals surface area contributed by atoms with Gasteiger partial charge < -0.3 is 5.11 Å². The zero-order chi connectivity index (χ0) is 15.0. The Balaban J connectivity index is 2.26. The molecule has 2 nitrogen and oxygen atoms in total. The molecule has 0 radical (unpaired) electrons. The molecule has 1 aromatic rings. The highest BCUT2D eigenvalue weighted by molar-refractivity contribution is 7.99. The summed E-state index contributed by atoms with van der Waals surface area (Å²) in [5.74, 6) is -0.0882. The molecule has 1 aromatic carbocycles. The molecule has 0 unspecified atom stereocenters. The largest absolute Gasteiger partial charge is 0.481 e. The fourth-order valence-corrected chi connectivity index (χ4v) is 3.79. The van der Waals surface area contributed by atoms with Crippen LogP contribution in [0.25, 0.3) is 0 Å². The fourth-order valence-electron chi connectivity index (χ4n) is 2.91. The summed E-state index contributed by atoms with van der Waals surface area (Å²) in [5, 5.41) is 8.72. The zero-order valence-electron chi connectivity index (χ0n) is 12.8. The Kier molecular flexibility index (Phi) is 4.19. The van der Waals surface area contributed by atoms with E-state index in [2.05, 4.69) is 45.9 Å². The van der Waals surface area contributed by atoms with Gasteiger partial charge in [0.25, 0.3) is 0 Å². The standard InChI is InChI=1S/C17H24O2S/c1-16(2)8-9-17(3,4)14-11-12(5-6-13(14)16)20-10-7-15(18)19/h5-6,11H,7-10H2,1-4H3,(H,18,19). The number of rotatable bonds is 4. The molecule has 0 fully saturated rings. The van der Waals surface area contributed by atoms with Crippen molar-refractivity contribution in [3.63, 3.8) is 0 Å². The summed E-state index contributed by atoms with van der Waals surface area (Å²) in [7, 11) is 0. The van der Waals surface area contributed by atoms with Crippen LogP contribution in [0.1, 0.15) is 58.1 Å². The number of carboxylic acids is 1. The molecular formula is C17H24O2S. The SMILES string of the molecule is CC1(C)CCC(C)(C)c2cc(SCCC(=O)O)ccc21. The van der Waals surface area contributed by atoms with E-state index in [9.17, 15) is 4.79 Å². The maximum Gasteiger partial charge on any atom is 0.304 e. The first-order valence-electron chi connectivity index (χ1n) is 7.22. The topological polar surface area (TPSA) is 37.3 Å². The van der Waals surface area contributed by atoms with Gasteiger partial charge in [-0.15, -0.1) is 11.8 Å². The summed E-state index contributed by atoms with van der Waals surface area (Å²) >= 11 is 1.64. The van der Waals surface area contributed by atoms with Gasteiger partial charge in [0, 0.05) is 10.6 Å². The maximum atomic E-state index is 10.6. The third kappa shape index (κ3) is 3.20. The Morgan fingerprint density at radius 2 is 1.75 bits per heavy atom. The minimum Gasteiger partial charge on any atom is -0.481 e. The van der Waals surface area contributed by atoms with E-state index in [0.29, 0.717) is 5.75 Å². The second-order valence-corrected chi connectivity index (χ2v) is 8.14.